The highest BCUT2D eigenvalue weighted by atomic mass is 19.1. The summed E-state index contributed by atoms with van der Waals surface area (Å²) in [4.78, 5) is 26.1. The second-order valence-corrected chi connectivity index (χ2v) is 6.76. The molecule has 0 aliphatic rings. The fraction of sp³-hybridized carbons (Fsp3) is 0.0833. The van der Waals surface area contributed by atoms with Crippen molar-refractivity contribution in [3.8, 4) is 22.6 Å². The Morgan fingerprint density at radius 3 is 2.42 bits per heavy atom. The maximum Gasteiger partial charge on any atom is 0.298 e. The van der Waals surface area contributed by atoms with Crippen LogP contribution in [0.4, 0.5) is 10.1 Å². The van der Waals surface area contributed by atoms with Crippen LogP contribution in [-0.2, 0) is 4.79 Å². The summed E-state index contributed by atoms with van der Waals surface area (Å²) in [6.07, 6.45) is 1.71. The zero-order chi connectivity index (χ0) is 22.0. The summed E-state index contributed by atoms with van der Waals surface area (Å²) in [6.45, 7) is 0. The minimum Gasteiger partial charge on any atom is -0.497 e. The first kappa shape index (κ1) is 20.2. The summed E-state index contributed by atoms with van der Waals surface area (Å²) in [7, 11) is 2.98. The zero-order valence-electron chi connectivity index (χ0n) is 16.9. The molecule has 4 rings (SSSR count). The highest BCUT2D eigenvalue weighted by Crippen LogP contribution is 2.31. The molecule has 2 heterocycles. The van der Waals surface area contributed by atoms with Crippen molar-refractivity contribution >= 4 is 22.9 Å². The van der Waals surface area contributed by atoms with Crippen LogP contribution < -0.4 is 14.8 Å². The van der Waals surface area contributed by atoms with Gasteiger partial charge in [-0.15, -0.1) is 0 Å². The van der Waals surface area contributed by atoms with E-state index in [1.807, 2.05) is 12.1 Å². The third-order valence-electron chi connectivity index (χ3n) is 4.91. The lowest BCUT2D eigenvalue weighted by Crippen LogP contribution is -2.25. The molecule has 0 aliphatic heterocycles. The van der Waals surface area contributed by atoms with Gasteiger partial charge in [-0.2, -0.15) is 0 Å². The Bertz CT molecular complexity index is 1280. The number of nitrogens with zero attached hydrogens (tertiary/aromatic N) is 1. The van der Waals surface area contributed by atoms with Crippen LogP contribution in [0.15, 0.2) is 72.9 Å². The Kier molecular flexibility index (Phi) is 5.41. The topological polar surface area (TPSA) is 69.0 Å². The first-order chi connectivity index (χ1) is 15.0. The number of hydrogen-bond acceptors (Lipinski definition) is 4. The van der Waals surface area contributed by atoms with Crippen LogP contribution in [0, 0.1) is 5.82 Å². The molecule has 0 bridgehead atoms. The van der Waals surface area contributed by atoms with Crippen molar-refractivity contribution in [2.45, 2.75) is 0 Å². The number of ether oxygens (including phenoxy) is 2. The van der Waals surface area contributed by atoms with Gasteiger partial charge < -0.3 is 19.2 Å². The maximum atomic E-state index is 13.4. The van der Waals surface area contributed by atoms with E-state index in [9.17, 15) is 14.0 Å². The van der Waals surface area contributed by atoms with E-state index in [0.29, 0.717) is 28.3 Å². The summed E-state index contributed by atoms with van der Waals surface area (Å²) in [6, 6.07) is 17.9. The Balaban J connectivity index is 1.74. The van der Waals surface area contributed by atoms with Crippen molar-refractivity contribution in [1.82, 2.24) is 4.40 Å². The molecule has 7 heteroatoms. The summed E-state index contributed by atoms with van der Waals surface area (Å²) < 4.78 is 25.5. The van der Waals surface area contributed by atoms with E-state index in [0.717, 1.165) is 5.52 Å². The molecule has 0 saturated carbocycles. The molecule has 6 nitrogen and oxygen atoms in total. The highest BCUT2D eigenvalue weighted by molar-refractivity contribution is 6.47. The first-order valence-corrected chi connectivity index (χ1v) is 9.45. The van der Waals surface area contributed by atoms with Gasteiger partial charge in [-0.25, -0.2) is 4.39 Å². The average Bonchev–Trinajstić information content (AvgIpc) is 3.18. The number of pyridine rings is 1. The van der Waals surface area contributed by atoms with Gasteiger partial charge in [0.15, 0.2) is 0 Å². The Morgan fingerprint density at radius 2 is 1.71 bits per heavy atom. The van der Waals surface area contributed by atoms with Crippen LogP contribution in [-0.4, -0.2) is 30.3 Å². The molecule has 0 aliphatic carbocycles. The number of methoxy groups -OCH3 is 2. The van der Waals surface area contributed by atoms with E-state index in [-0.39, 0.29) is 11.5 Å². The molecule has 0 saturated heterocycles. The molecule has 0 radical (unpaired) electrons. The number of nitrogens with one attached hydrogen (secondary N) is 1. The lowest BCUT2D eigenvalue weighted by atomic mass is 10.0. The number of fused-ring (bicyclic) bond motifs is 1. The lowest BCUT2D eigenvalue weighted by molar-refractivity contribution is -0.112. The first-order valence-electron chi connectivity index (χ1n) is 9.45. The predicted molar refractivity (Wildman–Crippen MR) is 115 cm³/mol. The van der Waals surface area contributed by atoms with Crippen molar-refractivity contribution < 1.29 is 23.5 Å². The molecule has 0 spiro atoms. The second-order valence-electron chi connectivity index (χ2n) is 6.76. The Morgan fingerprint density at radius 1 is 0.935 bits per heavy atom. The molecule has 1 amide bonds. The van der Waals surface area contributed by atoms with Gasteiger partial charge >= 0.3 is 0 Å². The van der Waals surface area contributed by atoms with Crippen LogP contribution in [0.5, 0.6) is 11.5 Å². The van der Waals surface area contributed by atoms with Crippen molar-refractivity contribution in [1.29, 1.82) is 0 Å². The number of rotatable bonds is 6. The van der Waals surface area contributed by atoms with Gasteiger partial charge in [-0.05, 0) is 48.0 Å². The van der Waals surface area contributed by atoms with E-state index in [1.54, 1.807) is 53.1 Å². The Labute approximate surface area is 177 Å². The molecule has 156 valence electrons. The van der Waals surface area contributed by atoms with E-state index in [1.165, 1.54) is 26.4 Å². The number of anilines is 1. The van der Waals surface area contributed by atoms with Gasteiger partial charge in [-0.3, -0.25) is 9.59 Å². The molecule has 1 N–H and O–H groups in total. The molecule has 2 aromatic heterocycles. The van der Waals surface area contributed by atoms with Gasteiger partial charge in [0.25, 0.3) is 11.7 Å². The SMILES string of the molecule is COc1ccc(NC(=O)C(=O)c2c(-c3ccc(F)cc3)cc3ccccn23)c(OC)c1. The predicted octanol–water partition coefficient (Wildman–Crippen LogP) is 4.58. The maximum absolute atomic E-state index is 13.4. The molecular formula is C24H19FN2O4. The van der Waals surface area contributed by atoms with E-state index in [2.05, 4.69) is 5.32 Å². The molecule has 0 fully saturated rings. The number of amides is 1. The van der Waals surface area contributed by atoms with Crippen LogP contribution in [0.25, 0.3) is 16.6 Å². The molecule has 0 atom stereocenters. The van der Waals surface area contributed by atoms with Gasteiger partial charge in [0.2, 0.25) is 0 Å². The van der Waals surface area contributed by atoms with Crippen LogP contribution >= 0.6 is 0 Å². The number of carbonyl (C=O) groups excluding carboxylic acids is 2. The number of Topliss-reactive ketones (excluding diaryl/α,β-unsaturated/α-hetero) is 1. The van der Waals surface area contributed by atoms with Gasteiger partial charge in [0.1, 0.15) is 23.0 Å². The van der Waals surface area contributed by atoms with Crippen LogP contribution in [0.1, 0.15) is 10.5 Å². The lowest BCUT2D eigenvalue weighted by Gasteiger charge is -2.12. The third kappa shape index (κ3) is 3.85. The van der Waals surface area contributed by atoms with E-state index >= 15 is 0 Å². The second kappa shape index (κ2) is 8.31. The van der Waals surface area contributed by atoms with E-state index < -0.39 is 11.7 Å². The number of ketones is 1. The highest BCUT2D eigenvalue weighted by Gasteiger charge is 2.25. The van der Waals surface area contributed by atoms with Crippen molar-refractivity contribution in [2.24, 2.45) is 0 Å². The normalized spacial score (nSPS) is 10.7. The number of halogens is 1. The van der Waals surface area contributed by atoms with E-state index in [4.69, 9.17) is 9.47 Å². The minimum atomic E-state index is -0.823. The fourth-order valence-corrected chi connectivity index (χ4v) is 3.39. The third-order valence-corrected chi connectivity index (χ3v) is 4.91. The average molecular weight is 418 g/mol. The summed E-state index contributed by atoms with van der Waals surface area (Å²) in [5.41, 5.74) is 2.43. The summed E-state index contributed by atoms with van der Waals surface area (Å²) in [5.74, 6) is -1.03. The van der Waals surface area contributed by atoms with Crippen LogP contribution in [0.3, 0.4) is 0 Å². The fourth-order valence-electron chi connectivity index (χ4n) is 3.39. The number of hydrogen-bond donors (Lipinski definition) is 1. The molecular weight excluding hydrogens is 399 g/mol. The Hall–Kier alpha value is -4.13. The largest absolute Gasteiger partial charge is 0.497 e. The molecule has 0 unspecified atom stereocenters. The van der Waals surface area contributed by atoms with Gasteiger partial charge in [-0.1, -0.05) is 18.2 Å². The van der Waals surface area contributed by atoms with Crippen molar-refractivity contribution in [2.75, 3.05) is 19.5 Å². The summed E-state index contributed by atoms with van der Waals surface area (Å²) >= 11 is 0. The number of carbonyl (C=O) groups is 2. The molecule has 2 aromatic carbocycles. The quantitative estimate of drug-likeness (QED) is 0.368. The van der Waals surface area contributed by atoms with Gasteiger partial charge in [0, 0.05) is 23.3 Å². The van der Waals surface area contributed by atoms with Crippen molar-refractivity contribution in [3.63, 3.8) is 0 Å². The van der Waals surface area contributed by atoms with Gasteiger partial charge in [0.05, 0.1) is 19.9 Å². The summed E-state index contributed by atoms with van der Waals surface area (Å²) in [5, 5.41) is 2.61. The van der Waals surface area contributed by atoms with Crippen LogP contribution in [0.2, 0.25) is 0 Å². The number of benzene rings is 2. The molecule has 4 aromatic rings. The zero-order valence-corrected chi connectivity index (χ0v) is 16.9. The standard InChI is InChI=1S/C24H19FN2O4/c1-30-18-10-11-20(21(14-18)31-2)26-24(29)23(28)22-19(15-6-8-16(25)9-7-15)13-17-5-3-4-12-27(17)22/h3-14H,1-2H3,(H,26,29). The smallest absolute Gasteiger partial charge is 0.298 e. The number of aromatic nitrogens is 1. The van der Waals surface area contributed by atoms with Crippen molar-refractivity contribution in [3.05, 3.63) is 84.4 Å². The molecule has 31 heavy (non-hydrogen) atoms. The minimum absolute atomic E-state index is 0.187. The monoisotopic (exact) mass is 418 g/mol.